The fraction of sp³-hybridized carbons (Fsp3) is 0.474. The number of H-pyrrole nitrogens is 2. The van der Waals surface area contributed by atoms with Gasteiger partial charge in [-0.15, -0.1) is 0 Å². The van der Waals surface area contributed by atoms with Gasteiger partial charge < -0.3 is 19.4 Å². The largest absolute Gasteiger partial charge is 0.444 e. The number of amides is 2. The minimum atomic E-state index is -0.535. The van der Waals surface area contributed by atoms with Crippen LogP contribution in [0.5, 0.6) is 0 Å². The van der Waals surface area contributed by atoms with Crippen LogP contribution in [0.4, 0.5) is 9.59 Å². The lowest BCUT2D eigenvalue weighted by atomic mass is 9.84. The summed E-state index contributed by atoms with van der Waals surface area (Å²) in [5, 5.41) is 0. The number of rotatable bonds is 4. The Morgan fingerprint density at radius 1 is 0.667 bits per heavy atom. The maximum absolute atomic E-state index is 12.9. The third-order valence-electron chi connectivity index (χ3n) is 9.38. The molecule has 2 fully saturated rings. The van der Waals surface area contributed by atoms with E-state index in [2.05, 4.69) is 46.4 Å². The van der Waals surface area contributed by atoms with Crippen molar-refractivity contribution in [2.45, 2.75) is 103 Å². The van der Waals surface area contributed by atoms with Gasteiger partial charge >= 0.3 is 12.2 Å². The highest BCUT2D eigenvalue weighted by atomic mass is 16.6. The summed E-state index contributed by atoms with van der Waals surface area (Å²) >= 11 is 0. The number of nitrogens with zero attached hydrogens (tertiary/aromatic N) is 4. The summed E-state index contributed by atoms with van der Waals surface area (Å²) in [5.74, 6) is 1.60. The zero-order valence-electron chi connectivity index (χ0n) is 28.9. The molecule has 2 saturated heterocycles. The van der Waals surface area contributed by atoms with Gasteiger partial charge in [0.15, 0.2) is 0 Å². The van der Waals surface area contributed by atoms with Crippen molar-refractivity contribution in [1.82, 2.24) is 29.7 Å². The summed E-state index contributed by atoms with van der Waals surface area (Å²) in [6.07, 6.45) is 8.47. The molecule has 1 aliphatic carbocycles. The molecule has 2 aromatic heterocycles. The van der Waals surface area contributed by atoms with Gasteiger partial charge in [-0.25, -0.2) is 19.6 Å². The number of hydrogen-bond donors (Lipinski definition) is 2. The number of aromatic amines is 2. The Morgan fingerprint density at radius 2 is 1.08 bits per heavy atom. The van der Waals surface area contributed by atoms with Gasteiger partial charge in [-0.3, -0.25) is 9.80 Å². The molecular weight excluding hydrogens is 604 g/mol. The van der Waals surface area contributed by atoms with Crippen molar-refractivity contribution in [1.29, 1.82) is 0 Å². The molecule has 4 aromatic rings. The molecule has 48 heavy (non-hydrogen) atoms. The second kappa shape index (κ2) is 12.1. The summed E-state index contributed by atoms with van der Waals surface area (Å²) in [4.78, 5) is 45.7. The zero-order chi connectivity index (χ0) is 33.8. The first-order valence-electron chi connectivity index (χ1n) is 17.1. The molecule has 0 saturated carbocycles. The van der Waals surface area contributed by atoms with Crippen molar-refractivity contribution in [3.05, 3.63) is 82.7 Å². The number of ether oxygens (including phenoxy) is 2. The summed E-state index contributed by atoms with van der Waals surface area (Å²) in [6, 6.07) is 13.1. The molecule has 3 aliphatic rings. The highest BCUT2D eigenvalue weighted by Gasteiger charge is 2.36. The number of benzene rings is 2. The molecule has 2 aromatic carbocycles. The van der Waals surface area contributed by atoms with Crippen LogP contribution in [0.15, 0.2) is 48.8 Å². The van der Waals surface area contributed by atoms with Crippen molar-refractivity contribution in [3.8, 4) is 22.5 Å². The number of carbonyl (C=O) groups excluding carboxylic acids is 2. The van der Waals surface area contributed by atoms with Crippen LogP contribution in [0, 0.1) is 0 Å². The molecule has 0 unspecified atom stereocenters. The maximum atomic E-state index is 12.9. The minimum Gasteiger partial charge on any atom is -0.444 e. The molecule has 0 bridgehead atoms. The van der Waals surface area contributed by atoms with Gasteiger partial charge in [-0.2, -0.15) is 0 Å². The molecule has 2 aliphatic heterocycles. The van der Waals surface area contributed by atoms with Crippen molar-refractivity contribution >= 4 is 12.2 Å². The quantitative estimate of drug-likeness (QED) is 0.203. The Morgan fingerprint density at radius 3 is 1.48 bits per heavy atom. The Balaban J connectivity index is 1.05. The number of hydrogen-bond acceptors (Lipinski definition) is 6. The van der Waals surface area contributed by atoms with Crippen LogP contribution in [0.3, 0.4) is 0 Å². The molecule has 2 N–H and O–H groups in total. The number of likely N-dealkylation sites (tertiary alicyclic amines) is 2. The van der Waals surface area contributed by atoms with E-state index in [9.17, 15) is 9.59 Å². The summed E-state index contributed by atoms with van der Waals surface area (Å²) in [5.41, 5.74) is 8.27. The monoisotopic (exact) mass is 650 g/mol. The molecule has 10 heteroatoms. The van der Waals surface area contributed by atoms with Crippen LogP contribution in [0.25, 0.3) is 22.5 Å². The Kier molecular flexibility index (Phi) is 8.08. The molecule has 2 amide bonds. The molecule has 2 atom stereocenters. The standard InChI is InChI=1S/C38H46N6O4/c1-37(2,3)47-35(45)43-15-7-9-31(43)33-39-21-29(41-33)25-13-11-23-18-28-20-26(14-12-24(28)17-27(23)19-25)30-22-40-34(42-30)32-10-8-16-44(32)36(46)48-38(4,5)6/h11-14,19-22,31-32H,7-10,15-18H2,1-6H3,(H,39,41)(H,40,42)/t31-,32-/m0/s1. The van der Waals surface area contributed by atoms with Gasteiger partial charge in [0.25, 0.3) is 0 Å². The van der Waals surface area contributed by atoms with Crippen LogP contribution in [0.1, 0.15) is 113 Å². The third-order valence-corrected chi connectivity index (χ3v) is 9.38. The van der Waals surface area contributed by atoms with E-state index >= 15 is 0 Å². The second-order valence-electron chi connectivity index (χ2n) is 15.3. The minimum absolute atomic E-state index is 0.111. The van der Waals surface area contributed by atoms with Crippen LogP contribution in [0.2, 0.25) is 0 Å². The van der Waals surface area contributed by atoms with E-state index < -0.39 is 11.2 Å². The van der Waals surface area contributed by atoms with Crippen LogP contribution in [-0.2, 0) is 22.3 Å². The molecule has 0 spiro atoms. The van der Waals surface area contributed by atoms with Crippen LogP contribution < -0.4 is 0 Å². The Labute approximate surface area is 282 Å². The predicted molar refractivity (Wildman–Crippen MR) is 183 cm³/mol. The van der Waals surface area contributed by atoms with E-state index in [4.69, 9.17) is 19.4 Å². The normalized spacial score (nSPS) is 19.3. The van der Waals surface area contributed by atoms with Gasteiger partial charge in [-0.1, -0.05) is 24.3 Å². The third kappa shape index (κ3) is 6.57. The molecule has 252 valence electrons. The maximum Gasteiger partial charge on any atom is 0.410 e. The first kappa shape index (κ1) is 32.0. The van der Waals surface area contributed by atoms with E-state index in [1.54, 1.807) is 9.80 Å². The molecular formula is C38H46N6O4. The Bertz CT molecular complexity index is 1710. The lowest BCUT2D eigenvalue weighted by molar-refractivity contribution is 0.0208. The summed E-state index contributed by atoms with van der Waals surface area (Å²) in [6.45, 7) is 12.7. The number of imidazole rings is 2. The van der Waals surface area contributed by atoms with Crippen LogP contribution in [-0.4, -0.2) is 66.2 Å². The molecule has 7 rings (SSSR count). The van der Waals surface area contributed by atoms with Gasteiger partial charge in [0.2, 0.25) is 0 Å². The predicted octanol–water partition coefficient (Wildman–Crippen LogP) is 8.11. The van der Waals surface area contributed by atoms with E-state index in [-0.39, 0.29) is 24.3 Å². The second-order valence-corrected chi connectivity index (χ2v) is 15.3. The van der Waals surface area contributed by atoms with Crippen molar-refractivity contribution < 1.29 is 19.1 Å². The van der Waals surface area contributed by atoms with Crippen molar-refractivity contribution in [3.63, 3.8) is 0 Å². The first-order valence-corrected chi connectivity index (χ1v) is 17.1. The fourth-order valence-corrected chi connectivity index (χ4v) is 7.16. The Hall–Kier alpha value is -4.60. The average molecular weight is 651 g/mol. The van der Waals surface area contributed by atoms with Crippen molar-refractivity contribution in [2.24, 2.45) is 0 Å². The lowest BCUT2D eigenvalue weighted by Gasteiger charge is -2.27. The fourth-order valence-electron chi connectivity index (χ4n) is 7.16. The summed E-state index contributed by atoms with van der Waals surface area (Å²) in [7, 11) is 0. The van der Waals surface area contributed by atoms with Gasteiger partial charge in [0, 0.05) is 13.1 Å². The first-order chi connectivity index (χ1) is 22.8. The molecule has 0 radical (unpaired) electrons. The smallest absolute Gasteiger partial charge is 0.410 e. The van der Waals surface area contributed by atoms with Gasteiger partial charge in [-0.05, 0) is 126 Å². The lowest BCUT2D eigenvalue weighted by Crippen LogP contribution is -2.36. The van der Waals surface area contributed by atoms with Gasteiger partial charge in [0.05, 0.1) is 35.9 Å². The summed E-state index contributed by atoms with van der Waals surface area (Å²) < 4.78 is 11.3. The average Bonchev–Trinajstić information content (AvgIpc) is 3.83. The van der Waals surface area contributed by atoms with E-state index in [1.165, 1.54) is 22.3 Å². The number of carbonyl (C=O) groups is 2. The SMILES string of the molecule is CC(C)(C)OC(=O)N1CCC[C@H]1c1ncc(-c2ccc3c(c2)Cc2ccc(-c4cnc([C@@H]5CCCN5C(=O)OC(C)(C)C)[nH]4)cc2C3)[nH]1. The molecule has 4 heterocycles. The number of aromatic nitrogens is 4. The molecule has 10 nitrogen and oxygen atoms in total. The highest BCUT2D eigenvalue weighted by Crippen LogP contribution is 2.37. The van der Waals surface area contributed by atoms with Crippen LogP contribution >= 0.6 is 0 Å². The number of fused-ring (bicyclic) bond motifs is 2. The van der Waals surface area contributed by atoms with Crippen molar-refractivity contribution in [2.75, 3.05) is 13.1 Å². The van der Waals surface area contributed by atoms with E-state index in [0.29, 0.717) is 13.1 Å². The van der Waals surface area contributed by atoms with Gasteiger partial charge in [0.1, 0.15) is 22.9 Å². The van der Waals surface area contributed by atoms with E-state index in [0.717, 1.165) is 72.7 Å². The number of nitrogens with one attached hydrogen (secondary N) is 2. The topological polar surface area (TPSA) is 116 Å². The highest BCUT2D eigenvalue weighted by molar-refractivity contribution is 5.70. The van der Waals surface area contributed by atoms with E-state index in [1.807, 2.05) is 53.9 Å². The zero-order valence-corrected chi connectivity index (χ0v) is 28.9.